The fourth-order valence-electron chi connectivity index (χ4n) is 3.95. The zero-order valence-electron chi connectivity index (χ0n) is 16.4. The van der Waals surface area contributed by atoms with E-state index in [2.05, 4.69) is 39.8 Å². The number of benzene rings is 1. The summed E-state index contributed by atoms with van der Waals surface area (Å²) in [6.45, 7) is 5.24. The van der Waals surface area contributed by atoms with E-state index in [9.17, 15) is 13.6 Å². The van der Waals surface area contributed by atoms with E-state index in [-0.39, 0.29) is 29.1 Å². The van der Waals surface area contributed by atoms with Crippen LogP contribution in [0.4, 0.5) is 26.1 Å². The monoisotopic (exact) mass is 407 g/mol. The van der Waals surface area contributed by atoms with E-state index >= 15 is 0 Å². The Morgan fingerprint density at radius 1 is 1.03 bits per heavy atom. The number of carbonyl (C=O) groups excluding carboxylic acids is 1. The molecule has 2 aromatic heterocycles. The standard InChI is InChI=1S/C22H19F2N5O/c1-22(2)10-26-20-11(22)6-7-17(29-20)28-15-8-14(18-12(23)4-3-5-13(18)24)27-16-9-25-21(30)19(15)16/h3-8H,9-10H2,1-2H3,(H,25,30)(H2,26,27,28,29). The molecule has 3 aromatic rings. The average Bonchev–Trinajstić information content (AvgIpc) is 3.21. The first-order valence-electron chi connectivity index (χ1n) is 9.62. The van der Waals surface area contributed by atoms with Crippen molar-refractivity contribution in [2.75, 3.05) is 17.2 Å². The molecule has 3 N–H and O–H groups in total. The zero-order chi connectivity index (χ0) is 21.0. The number of nitrogens with zero attached hydrogens (tertiary/aromatic N) is 2. The summed E-state index contributed by atoms with van der Waals surface area (Å²) < 4.78 is 28.7. The van der Waals surface area contributed by atoms with Gasteiger partial charge in [0.1, 0.15) is 23.3 Å². The number of anilines is 3. The predicted molar refractivity (Wildman–Crippen MR) is 110 cm³/mol. The summed E-state index contributed by atoms with van der Waals surface area (Å²) in [6.07, 6.45) is 0. The smallest absolute Gasteiger partial charge is 0.255 e. The van der Waals surface area contributed by atoms with Crippen molar-refractivity contribution >= 4 is 23.2 Å². The number of nitrogens with one attached hydrogen (secondary N) is 3. The molecule has 2 aliphatic heterocycles. The van der Waals surface area contributed by atoms with Gasteiger partial charge >= 0.3 is 0 Å². The first-order chi connectivity index (χ1) is 14.3. The lowest BCUT2D eigenvalue weighted by Crippen LogP contribution is -2.18. The van der Waals surface area contributed by atoms with Gasteiger partial charge in [0, 0.05) is 17.5 Å². The molecule has 0 fully saturated rings. The maximum Gasteiger partial charge on any atom is 0.255 e. The van der Waals surface area contributed by atoms with Gasteiger partial charge < -0.3 is 16.0 Å². The van der Waals surface area contributed by atoms with Crippen molar-refractivity contribution in [2.45, 2.75) is 25.8 Å². The molecule has 152 valence electrons. The molecule has 4 heterocycles. The van der Waals surface area contributed by atoms with Crippen LogP contribution in [0.1, 0.15) is 35.5 Å². The molecule has 0 bridgehead atoms. The van der Waals surface area contributed by atoms with Gasteiger partial charge in [0.15, 0.2) is 0 Å². The molecule has 5 rings (SSSR count). The Kier molecular flexibility index (Phi) is 3.99. The molecule has 0 saturated carbocycles. The number of halogens is 2. The molecular formula is C22H19F2N5O. The van der Waals surface area contributed by atoms with Gasteiger partial charge in [-0.2, -0.15) is 0 Å². The summed E-state index contributed by atoms with van der Waals surface area (Å²) in [7, 11) is 0. The number of hydrogen-bond donors (Lipinski definition) is 3. The first-order valence-corrected chi connectivity index (χ1v) is 9.62. The average molecular weight is 407 g/mol. The van der Waals surface area contributed by atoms with E-state index in [1.165, 1.54) is 24.3 Å². The van der Waals surface area contributed by atoms with Gasteiger partial charge in [-0.25, -0.2) is 18.7 Å². The highest BCUT2D eigenvalue weighted by atomic mass is 19.1. The van der Waals surface area contributed by atoms with Crippen molar-refractivity contribution in [3.8, 4) is 11.3 Å². The molecule has 0 saturated heterocycles. The fraction of sp³-hybridized carbons (Fsp3) is 0.227. The number of fused-ring (bicyclic) bond motifs is 2. The molecule has 30 heavy (non-hydrogen) atoms. The van der Waals surface area contributed by atoms with Crippen molar-refractivity contribution in [3.05, 3.63) is 64.9 Å². The van der Waals surface area contributed by atoms with E-state index < -0.39 is 11.6 Å². The van der Waals surface area contributed by atoms with Gasteiger partial charge in [-0.05, 0) is 24.3 Å². The van der Waals surface area contributed by atoms with Crippen LogP contribution in [0.25, 0.3) is 11.3 Å². The third-order valence-corrected chi connectivity index (χ3v) is 5.54. The molecule has 6 nitrogen and oxygen atoms in total. The number of carbonyl (C=O) groups is 1. The minimum atomic E-state index is -0.715. The summed E-state index contributed by atoms with van der Waals surface area (Å²) in [6, 6.07) is 8.96. The zero-order valence-corrected chi connectivity index (χ0v) is 16.4. The Morgan fingerprint density at radius 3 is 2.57 bits per heavy atom. The molecular weight excluding hydrogens is 388 g/mol. The second kappa shape index (κ2) is 6.48. The summed E-state index contributed by atoms with van der Waals surface area (Å²) in [5, 5.41) is 9.14. The molecule has 0 radical (unpaired) electrons. The lowest BCUT2D eigenvalue weighted by Gasteiger charge is -2.17. The Morgan fingerprint density at radius 2 is 1.80 bits per heavy atom. The molecule has 2 aliphatic rings. The normalized spacial score (nSPS) is 15.9. The van der Waals surface area contributed by atoms with Crippen molar-refractivity contribution in [1.82, 2.24) is 15.3 Å². The molecule has 0 spiro atoms. The number of amides is 1. The van der Waals surface area contributed by atoms with E-state index in [4.69, 9.17) is 0 Å². The van der Waals surface area contributed by atoms with Gasteiger partial charge in [0.2, 0.25) is 0 Å². The molecule has 1 amide bonds. The van der Waals surface area contributed by atoms with Gasteiger partial charge in [0.25, 0.3) is 5.91 Å². The van der Waals surface area contributed by atoms with Gasteiger partial charge in [0.05, 0.1) is 34.7 Å². The first kappa shape index (κ1) is 18.5. The van der Waals surface area contributed by atoms with Crippen LogP contribution >= 0.6 is 0 Å². The summed E-state index contributed by atoms with van der Waals surface area (Å²) in [5.74, 6) is -0.422. The summed E-state index contributed by atoms with van der Waals surface area (Å²) in [5.41, 5.74) is 2.16. The Bertz CT molecular complexity index is 1190. The van der Waals surface area contributed by atoms with Gasteiger partial charge in [-0.15, -0.1) is 0 Å². The van der Waals surface area contributed by atoms with Crippen LogP contribution in [0.15, 0.2) is 36.4 Å². The van der Waals surface area contributed by atoms with Crippen molar-refractivity contribution in [2.24, 2.45) is 0 Å². The SMILES string of the molecule is CC1(C)CNc2nc(Nc3cc(-c4c(F)cccc4F)nc4c3C(=O)NC4)ccc21. The molecule has 0 aliphatic carbocycles. The highest BCUT2D eigenvalue weighted by Gasteiger charge is 2.31. The predicted octanol–water partition coefficient (Wildman–Crippen LogP) is 4.11. The Balaban J connectivity index is 1.60. The highest BCUT2D eigenvalue weighted by molar-refractivity contribution is 6.04. The second-order valence-corrected chi connectivity index (χ2v) is 8.11. The van der Waals surface area contributed by atoms with E-state index in [0.29, 0.717) is 22.8 Å². The maximum atomic E-state index is 14.3. The minimum absolute atomic E-state index is 0.0196. The third-order valence-electron chi connectivity index (χ3n) is 5.54. The fourth-order valence-corrected chi connectivity index (χ4v) is 3.95. The van der Waals surface area contributed by atoms with Gasteiger partial charge in [-0.3, -0.25) is 4.79 Å². The molecule has 0 atom stereocenters. The van der Waals surface area contributed by atoms with E-state index in [0.717, 1.165) is 17.9 Å². The number of aromatic nitrogens is 2. The van der Waals surface area contributed by atoms with E-state index in [1.54, 1.807) is 0 Å². The number of pyridine rings is 2. The van der Waals surface area contributed by atoms with E-state index in [1.807, 2.05) is 12.1 Å². The molecule has 1 aromatic carbocycles. The highest BCUT2D eigenvalue weighted by Crippen LogP contribution is 2.37. The lowest BCUT2D eigenvalue weighted by molar-refractivity contribution is 0.0966. The van der Waals surface area contributed by atoms with Gasteiger partial charge in [-0.1, -0.05) is 26.0 Å². The molecule has 8 heteroatoms. The summed E-state index contributed by atoms with van der Waals surface area (Å²) >= 11 is 0. The minimum Gasteiger partial charge on any atom is -0.369 e. The largest absolute Gasteiger partial charge is 0.369 e. The van der Waals surface area contributed by atoms with Crippen molar-refractivity contribution < 1.29 is 13.6 Å². The topological polar surface area (TPSA) is 78.9 Å². The van der Waals surface area contributed by atoms with Crippen molar-refractivity contribution in [3.63, 3.8) is 0 Å². The Labute approximate surface area is 171 Å². The summed E-state index contributed by atoms with van der Waals surface area (Å²) in [4.78, 5) is 21.3. The van der Waals surface area contributed by atoms with Crippen LogP contribution in [0, 0.1) is 11.6 Å². The van der Waals surface area contributed by atoms with Crippen molar-refractivity contribution in [1.29, 1.82) is 0 Å². The molecule has 0 unspecified atom stereocenters. The maximum absolute atomic E-state index is 14.3. The number of rotatable bonds is 3. The Hall–Kier alpha value is -3.55. The lowest BCUT2D eigenvalue weighted by atomic mass is 9.88. The number of hydrogen-bond acceptors (Lipinski definition) is 5. The quantitative estimate of drug-likeness (QED) is 0.609. The van der Waals surface area contributed by atoms with Crippen LogP contribution < -0.4 is 16.0 Å². The van der Waals surface area contributed by atoms with Crippen LogP contribution in [0.3, 0.4) is 0 Å². The third kappa shape index (κ3) is 2.87. The second-order valence-electron chi connectivity index (χ2n) is 8.11. The van der Waals surface area contributed by atoms with Crippen LogP contribution in [-0.2, 0) is 12.0 Å². The van der Waals surface area contributed by atoms with Crippen LogP contribution in [0.5, 0.6) is 0 Å². The van der Waals surface area contributed by atoms with Crippen LogP contribution in [0.2, 0.25) is 0 Å². The van der Waals surface area contributed by atoms with Crippen LogP contribution in [-0.4, -0.2) is 22.4 Å².